The summed E-state index contributed by atoms with van der Waals surface area (Å²) in [6.07, 6.45) is -0.157. The minimum Gasteiger partial charge on any atom is -0.429 e. The quantitative estimate of drug-likeness (QED) is 0.204. The summed E-state index contributed by atoms with van der Waals surface area (Å²) >= 11 is 1.20. The standard InChI is InChI=1S/C20H17N7O4S/c1-2-9-22-20(28)31-16(11-21)12-23-13-3-5-14(6-4-13)25-26-19-24-17-8-7-15(27(29)30)10-18(17)32-19/h2-8,10,16,23H,1,9,12H2,(H,22,28). The van der Waals surface area contributed by atoms with Gasteiger partial charge in [-0.05, 0) is 30.3 Å². The molecule has 0 bridgehead atoms. The first-order chi connectivity index (χ1) is 15.5. The van der Waals surface area contributed by atoms with E-state index in [-0.39, 0.29) is 18.8 Å². The number of rotatable bonds is 9. The molecule has 0 aliphatic rings. The second kappa shape index (κ2) is 10.6. The molecule has 0 saturated heterocycles. The van der Waals surface area contributed by atoms with Crippen LogP contribution < -0.4 is 10.6 Å². The summed E-state index contributed by atoms with van der Waals surface area (Å²) in [7, 11) is 0. The van der Waals surface area contributed by atoms with Crippen molar-refractivity contribution >= 4 is 49.8 Å². The molecule has 0 spiro atoms. The summed E-state index contributed by atoms with van der Waals surface area (Å²) in [5.74, 6) is 0. The number of nitro benzene ring substituents is 1. The van der Waals surface area contributed by atoms with Gasteiger partial charge in [0.1, 0.15) is 6.07 Å². The van der Waals surface area contributed by atoms with Gasteiger partial charge in [-0.15, -0.1) is 16.8 Å². The SMILES string of the molecule is C=CCNC(=O)OC(C#N)CNc1ccc(N=Nc2nc3ccc([N+](=O)[O-])cc3s2)cc1. The highest BCUT2D eigenvalue weighted by Gasteiger charge is 2.13. The van der Waals surface area contributed by atoms with Crippen LogP contribution in [0.2, 0.25) is 0 Å². The number of thiazole rings is 1. The Hall–Kier alpha value is -4.37. The van der Waals surface area contributed by atoms with E-state index >= 15 is 0 Å². The highest BCUT2D eigenvalue weighted by Crippen LogP contribution is 2.31. The topological polar surface area (TPSA) is 155 Å². The lowest BCUT2D eigenvalue weighted by Gasteiger charge is -2.13. The Morgan fingerprint density at radius 2 is 2.12 bits per heavy atom. The summed E-state index contributed by atoms with van der Waals surface area (Å²) in [6.45, 7) is 3.83. The van der Waals surface area contributed by atoms with E-state index in [1.165, 1.54) is 29.5 Å². The van der Waals surface area contributed by atoms with E-state index in [0.717, 1.165) is 0 Å². The number of carbonyl (C=O) groups is 1. The van der Waals surface area contributed by atoms with E-state index in [1.54, 1.807) is 30.3 Å². The first-order valence-corrected chi connectivity index (χ1v) is 10.1. The predicted octanol–water partition coefficient (Wildman–Crippen LogP) is 4.84. The predicted molar refractivity (Wildman–Crippen MR) is 119 cm³/mol. The van der Waals surface area contributed by atoms with Crippen molar-refractivity contribution in [1.82, 2.24) is 10.3 Å². The molecule has 2 aromatic carbocycles. The molecule has 0 aliphatic carbocycles. The van der Waals surface area contributed by atoms with Gasteiger partial charge in [-0.1, -0.05) is 17.4 Å². The van der Waals surface area contributed by atoms with Gasteiger partial charge in [-0.25, -0.2) is 9.78 Å². The van der Waals surface area contributed by atoms with Crippen molar-refractivity contribution in [1.29, 1.82) is 5.26 Å². The van der Waals surface area contributed by atoms with Crippen LogP contribution in [0.1, 0.15) is 0 Å². The van der Waals surface area contributed by atoms with Crippen LogP contribution in [0.5, 0.6) is 0 Å². The third kappa shape index (κ3) is 6.07. The second-order valence-corrected chi connectivity index (χ2v) is 7.24. The van der Waals surface area contributed by atoms with Crippen molar-refractivity contribution < 1.29 is 14.5 Å². The van der Waals surface area contributed by atoms with Crippen LogP contribution in [0.15, 0.2) is 65.3 Å². The fourth-order valence-electron chi connectivity index (χ4n) is 2.45. The van der Waals surface area contributed by atoms with Gasteiger partial charge in [0.25, 0.3) is 5.69 Å². The Kier molecular flexibility index (Phi) is 7.39. The average molecular weight is 451 g/mol. The smallest absolute Gasteiger partial charge is 0.408 e. The number of carbonyl (C=O) groups excluding carboxylic acids is 1. The maximum absolute atomic E-state index is 11.5. The van der Waals surface area contributed by atoms with E-state index in [1.807, 2.05) is 6.07 Å². The number of hydrogen-bond acceptors (Lipinski definition) is 10. The second-order valence-electron chi connectivity index (χ2n) is 6.23. The van der Waals surface area contributed by atoms with Crippen molar-refractivity contribution in [3.63, 3.8) is 0 Å². The monoisotopic (exact) mass is 451 g/mol. The highest BCUT2D eigenvalue weighted by molar-refractivity contribution is 7.21. The lowest BCUT2D eigenvalue weighted by molar-refractivity contribution is -0.384. The molecule has 162 valence electrons. The van der Waals surface area contributed by atoms with Crippen molar-refractivity contribution in [2.45, 2.75) is 6.10 Å². The molecule has 1 aromatic heterocycles. The Morgan fingerprint density at radius 3 is 2.81 bits per heavy atom. The van der Waals surface area contributed by atoms with E-state index in [9.17, 15) is 14.9 Å². The number of ether oxygens (including phenoxy) is 1. The molecule has 1 amide bonds. The van der Waals surface area contributed by atoms with Crippen LogP contribution in [0, 0.1) is 21.4 Å². The molecule has 0 radical (unpaired) electrons. The van der Waals surface area contributed by atoms with E-state index in [2.05, 4.69) is 32.4 Å². The Labute approximate surface area is 186 Å². The number of nitriles is 1. The summed E-state index contributed by atoms with van der Waals surface area (Å²) in [6, 6.07) is 13.2. The molecule has 12 heteroatoms. The number of hydrogen-bond donors (Lipinski definition) is 2. The van der Waals surface area contributed by atoms with Crippen LogP contribution in [-0.4, -0.2) is 35.2 Å². The number of nitrogens with one attached hydrogen (secondary N) is 2. The molecule has 0 saturated carbocycles. The zero-order chi connectivity index (χ0) is 22.9. The third-order valence-electron chi connectivity index (χ3n) is 3.97. The number of aromatic nitrogens is 1. The van der Waals surface area contributed by atoms with Crippen LogP contribution in [0.25, 0.3) is 10.2 Å². The maximum atomic E-state index is 11.5. The molecule has 1 atom stereocenters. The average Bonchev–Trinajstić information content (AvgIpc) is 3.21. The zero-order valence-electron chi connectivity index (χ0n) is 16.6. The van der Waals surface area contributed by atoms with Crippen LogP contribution in [0.4, 0.5) is 27.0 Å². The normalized spacial score (nSPS) is 11.6. The van der Waals surface area contributed by atoms with Crippen molar-refractivity contribution in [3.05, 3.63) is 65.2 Å². The number of azo groups is 1. The Morgan fingerprint density at radius 1 is 1.34 bits per heavy atom. The van der Waals surface area contributed by atoms with Gasteiger partial charge in [0, 0.05) is 24.4 Å². The number of nitro groups is 1. The molecule has 1 heterocycles. The first-order valence-electron chi connectivity index (χ1n) is 9.24. The number of fused-ring (bicyclic) bond motifs is 1. The largest absolute Gasteiger partial charge is 0.429 e. The summed E-state index contributed by atoms with van der Waals surface area (Å²) < 4.78 is 5.63. The van der Waals surface area contributed by atoms with Gasteiger partial charge in [0.05, 0.1) is 27.4 Å². The minimum atomic E-state index is -0.964. The van der Waals surface area contributed by atoms with Crippen LogP contribution >= 0.6 is 11.3 Å². The van der Waals surface area contributed by atoms with E-state index in [4.69, 9.17) is 10.00 Å². The van der Waals surface area contributed by atoms with E-state index in [0.29, 0.717) is 26.7 Å². The van der Waals surface area contributed by atoms with Crippen LogP contribution in [-0.2, 0) is 4.74 Å². The van der Waals surface area contributed by atoms with Crippen LogP contribution in [0.3, 0.4) is 0 Å². The fourth-order valence-corrected chi connectivity index (χ4v) is 3.27. The lowest BCUT2D eigenvalue weighted by Crippen LogP contribution is -2.31. The lowest BCUT2D eigenvalue weighted by atomic mass is 10.2. The van der Waals surface area contributed by atoms with Gasteiger partial charge < -0.3 is 15.4 Å². The number of amides is 1. The Balaban J connectivity index is 1.57. The molecule has 32 heavy (non-hydrogen) atoms. The van der Waals surface area contributed by atoms with E-state index < -0.39 is 17.1 Å². The number of anilines is 1. The van der Waals surface area contributed by atoms with Gasteiger partial charge in [-0.2, -0.15) is 5.26 Å². The Bertz CT molecular complexity index is 1200. The molecule has 2 N–H and O–H groups in total. The molecule has 0 aliphatic heterocycles. The summed E-state index contributed by atoms with van der Waals surface area (Å²) in [5.41, 5.74) is 1.87. The third-order valence-corrected chi connectivity index (χ3v) is 4.87. The van der Waals surface area contributed by atoms with Crippen molar-refractivity contribution in [2.24, 2.45) is 10.2 Å². The van der Waals surface area contributed by atoms with Crippen molar-refractivity contribution in [3.8, 4) is 6.07 Å². The minimum absolute atomic E-state index is 0.00541. The summed E-state index contributed by atoms with van der Waals surface area (Å²) in [5, 5.41) is 34.0. The molecule has 3 aromatic rings. The first kappa shape index (κ1) is 22.3. The molecule has 0 fully saturated rings. The molecule has 11 nitrogen and oxygen atoms in total. The number of nitrogens with zero attached hydrogens (tertiary/aromatic N) is 5. The van der Waals surface area contributed by atoms with Gasteiger partial charge >= 0.3 is 6.09 Å². The zero-order valence-corrected chi connectivity index (χ0v) is 17.4. The van der Waals surface area contributed by atoms with Gasteiger partial charge in [0.2, 0.25) is 11.2 Å². The summed E-state index contributed by atoms with van der Waals surface area (Å²) in [4.78, 5) is 26.2. The van der Waals surface area contributed by atoms with Gasteiger partial charge in [0.15, 0.2) is 0 Å². The van der Waals surface area contributed by atoms with Crippen molar-refractivity contribution in [2.75, 3.05) is 18.4 Å². The van der Waals surface area contributed by atoms with Gasteiger partial charge in [-0.3, -0.25) is 10.1 Å². The number of alkyl carbamates (subject to hydrolysis) is 1. The molecular weight excluding hydrogens is 434 g/mol. The highest BCUT2D eigenvalue weighted by atomic mass is 32.1. The number of benzene rings is 2. The fraction of sp³-hybridized carbons (Fsp3) is 0.150. The molecular formula is C20H17N7O4S. The maximum Gasteiger partial charge on any atom is 0.408 e. The molecule has 3 rings (SSSR count). The number of non-ortho nitro benzene ring substituents is 1. The molecule has 1 unspecified atom stereocenters.